The summed E-state index contributed by atoms with van der Waals surface area (Å²) in [5.74, 6) is 0.274. The van der Waals surface area contributed by atoms with Crippen LogP contribution in [-0.2, 0) is 16.1 Å². The molecule has 8 heteroatoms. The molecular formula is C23H18O8. The summed E-state index contributed by atoms with van der Waals surface area (Å²) >= 11 is 0. The molecule has 0 amide bonds. The van der Waals surface area contributed by atoms with Crippen molar-refractivity contribution in [3.05, 3.63) is 80.5 Å². The first-order valence-corrected chi connectivity index (χ1v) is 9.36. The van der Waals surface area contributed by atoms with Crippen molar-refractivity contribution < 1.29 is 27.8 Å². The Morgan fingerprint density at radius 3 is 2.29 bits per heavy atom. The molecule has 0 saturated carbocycles. The molecule has 0 atom stereocenters. The van der Waals surface area contributed by atoms with Crippen molar-refractivity contribution >= 4 is 27.9 Å². The highest BCUT2D eigenvalue weighted by atomic mass is 16.6. The van der Waals surface area contributed by atoms with Crippen molar-refractivity contribution in [2.45, 2.75) is 13.5 Å². The van der Waals surface area contributed by atoms with Crippen LogP contribution in [-0.4, -0.2) is 19.7 Å². The van der Waals surface area contributed by atoms with Gasteiger partial charge in [-0.3, -0.25) is 0 Å². The molecular weight excluding hydrogens is 404 g/mol. The Kier molecular flexibility index (Phi) is 5.44. The number of rotatable bonds is 6. The lowest BCUT2D eigenvalue weighted by molar-refractivity contribution is -0.147. The summed E-state index contributed by atoms with van der Waals surface area (Å²) in [4.78, 5) is 35.5. The van der Waals surface area contributed by atoms with E-state index in [2.05, 4.69) is 0 Å². The van der Waals surface area contributed by atoms with Gasteiger partial charge in [0.15, 0.2) is 6.61 Å². The minimum atomic E-state index is -0.624. The molecule has 2 aromatic carbocycles. The van der Waals surface area contributed by atoms with Gasteiger partial charge in [-0.05, 0) is 36.8 Å². The molecule has 0 bridgehead atoms. The SMILES string of the molecule is COc1ccc2c(COC(=O)COc3ccc4c(C)cc(=O)oc4c3)cc(=O)oc2c1. The summed E-state index contributed by atoms with van der Waals surface area (Å²) < 4.78 is 26.2. The number of hydrogen-bond acceptors (Lipinski definition) is 8. The van der Waals surface area contributed by atoms with Gasteiger partial charge >= 0.3 is 17.2 Å². The smallest absolute Gasteiger partial charge is 0.344 e. The number of esters is 1. The molecule has 158 valence electrons. The van der Waals surface area contributed by atoms with Crippen molar-refractivity contribution in [2.75, 3.05) is 13.7 Å². The molecule has 0 N–H and O–H groups in total. The van der Waals surface area contributed by atoms with Gasteiger partial charge in [0, 0.05) is 40.6 Å². The molecule has 4 aromatic rings. The first-order valence-electron chi connectivity index (χ1n) is 9.36. The van der Waals surface area contributed by atoms with Crippen molar-refractivity contribution in [1.29, 1.82) is 0 Å². The number of carbonyl (C=O) groups excluding carboxylic acids is 1. The van der Waals surface area contributed by atoms with Gasteiger partial charge in [-0.15, -0.1) is 0 Å². The van der Waals surface area contributed by atoms with E-state index in [-0.39, 0.29) is 13.2 Å². The van der Waals surface area contributed by atoms with Crippen molar-refractivity contribution in [1.82, 2.24) is 0 Å². The minimum Gasteiger partial charge on any atom is -0.497 e. The highest BCUT2D eigenvalue weighted by molar-refractivity contribution is 5.82. The summed E-state index contributed by atoms with van der Waals surface area (Å²) in [7, 11) is 1.51. The van der Waals surface area contributed by atoms with E-state index in [1.54, 1.807) is 43.3 Å². The van der Waals surface area contributed by atoms with Crippen LogP contribution >= 0.6 is 0 Å². The zero-order chi connectivity index (χ0) is 22.0. The van der Waals surface area contributed by atoms with Gasteiger partial charge in [0.1, 0.15) is 29.3 Å². The molecule has 0 aliphatic carbocycles. The maximum Gasteiger partial charge on any atom is 0.344 e. The van der Waals surface area contributed by atoms with Gasteiger partial charge < -0.3 is 23.0 Å². The van der Waals surface area contributed by atoms with Crippen LogP contribution in [0.25, 0.3) is 21.9 Å². The third kappa shape index (κ3) is 4.42. The van der Waals surface area contributed by atoms with Crippen LogP contribution in [0, 0.1) is 6.92 Å². The number of aryl methyl sites for hydroxylation is 1. The first-order chi connectivity index (χ1) is 14.9. The molecule has 8 nitrogen and oxygen atoms in total. The summed E-state index contributed by atoms with van der Waals surface area (Å²) in [6, 6.07) is 12.7. The van der Waals surface area contributed by atoms with E-state index in [9.17, 15) is 14.4 Å². The van der Waals surface area contributed by atoms with Gasteiger partial charge in [0.25, 0.3) is 0 Å². The normalized spacial score (nSPS) is 10.9. The van der Waals surface area contributed by atoms with Crippen molar-refractivity contribution in [3.8, 4) is 11.5 Å². The second kappa shape index (κ2) is 8.35. The lowest BCUT2D eigenvalue weighted by Gasteiger charge is -2.09. The molecule has 31 heavy (non-hydrogen) atoms. The van der Waals surface area contributed by atoms with Gasteiger partial charge in [-0.2, -0.15) is 0 Å². The Morgan fingerprint density at radius 1 is 0.871 bits per heavy atom. The van der Waals surface area contributed by atoms with Crippen molar-refractivity contribution in [2.24, 2.45) is 0 Å². The molecule has 2 aromatic heterocycles. The van der Waals surface area contributed by atoms with Gasteiger partial charge in [-0.1, -0.05) is 0 Å². The number of ether oxygens (including phenoxy) is 3. The largest absolute Gasteiger partial charge is 0.497 e. The maximum absolute atomic E-state index is 12.1. The predicted molar refractivity (Wildman–Crippen MR) is 112 cm³/mol. The average molecular weight is 422 g/mol. The summed E-state index contributed by atoms with van der Waals surface area (Å²) in [5, 5.41) is 1.41. The van der Waals surface area contributed by atoms with E-state index in [1.165, 1.54) is 19.2 Å². The van der Waals surface area contributed by atoms with Gasteiger partial charge in [0.05, 0.1) is 7.11 Å². The molecule has 0 fully saturated rings. The molecule has 0 radical (unpaired) electrons. The molecule has 0 aliphatic heterocycles. The van der Waals surface area contributed by atoms with Gasteiger partial charge in [-0.25, -0.2) is 14.4 Å². The zero-order valence-electron chi connectivity index (χ0n) is 16.8. The molecule has 0 saturated heterocycles. The van der Waals surface area contributed by atoms with Crippen LogP contribution in [0.3, 0.4) is 0 Å². The fourth-order valence-electron chi connectivity index (χ4n) is 3.19. The van der Waals surface area contributed by atoms with Gasteiger partial charge in [0.2, 0.25) is 0 Å². The second-order valence-electron chi connectivity index (χ2n) is 6.81. The number of hydrogen-bond donors (Lipinski definition) is 0. The zero-order valence-corrected chi connectivity index (χ0v) is 16.8. The number of methoxy groups -OCH3 is 1. The van der Waals surface area contributed by atoms with Crippen LogP contribution in [0.1, 0.15) is 11.1 Å². The number of carbonyl (C=O) groups is 1. The van der Waals surface area contributed by atoms with Crippen LogP contribution in [0.2, 0.25) is 0 Å². The third-order valence-electron chi connectivity index (χ3n) is 4.71. The topological polar surface area (TPSA) is 105 Å². The highest BCUT2D eigenvalue weighted by Gasteiger charge is 2.11. The fourth-order valence-corrected chi connectivity index (χ4v) is 3.19. The van der Waals surface area contributed by atoms with Crippen LogP contribution in [0.4, 0.5) is 0 Å². The lowest BCUT2D eigenvalue weighted by atomic mass is 10.1. The number of benzene rings is 2. The molecule has 0 unspecified atom stereocenters. The van der Waals surface area contributed by atoms with Crippen LogP contribution in [0.5, 0.6) is 11.5 Å². The standard InChI is InChI=1S/C23H18O8/c1-13-7-21(24)30-19-10-16(4-5-17(13)19)28-12-23(26)29-11-14-8-22(25)31-20-9-15(27-2)3-6-18(14)20/h3-10H,11-12H2,1-2H3. The minimum absolute atomic E-state index is 0.123. The van der Waals surface area contributed by atoms with E-state index in [4.69, 9.17) is 23.0 Å². The van der Waals surface area contributed by atoms with E-state index in [1.807, 2.05) is 0 Å². The third-order valence-corrected chi connectivity index (χ3v) is 4.71. The summed E-state index contributed by atoms with van der Waals surface area (Å²) in [6.45, 7) is 1.33. The average Bonchev–Trinajstić information content (AvgIpc) is 2.75. The van der Waals surface area contributed by atoms with Crippen LogP contribution < -0.4 is 20.7 Å². The quantitative estimate of drug-likeness (QED) is 0.344. The fraction of sp³-hybridized carbons (Fsp3) is 0.174. The van der Waals surface area contributed by atoms with Crippen LogP contribution in [0.15, 0.2) is 67.0 Å². The van der Waals surface area contributed by atoms with E-state index < -0.39 is 17.2 Å². The maximum atomic E-state index is 12.1. The molecule has 2 heterocycles. The Bertz CT molecular complexity index is 1400. The monoisotopic (exact) mass is 422 g/mol. The molecule has 4 rings (SSSR count). The first kappa shape index (κ1) is 20.2. The van der Waals surface area contributed by atoms with E-state index in [0.29, 0.717) is 33.6 Å². The summed E-state index contributed by atoms with van der Waals surface area (Å²) in [5.41, 5.74) is 0.977. The summed E-state index contributed by atoms with van der Waals surface area (Å²) in [6.07, 6.45) is 0. The predicted octanol–water partition coefficient (Wildman–Crippen LogP) is 3.34. The lowest BCUT2D eigenvalue weighted by Crippen LogP contribution is -2.15. The molecule has 0 aliphatic rings. The molecule has 0 spiro atoms. The Balaban J connectivity index is 1.44. The Hall–Kier alpha value is -4.07. The Labute approximate surface area is 175 Å². The van der Waals surface area contributed by atoms with E-state index in [0.717, 1.165) is 10.9 Å². The Morgan fingerprint density at radius 2 is 1.52 bits per heavy atom. The number of fused-ring (bicyclic) bond motifs is 2. The van der Waals surface area contributed by atoms with E-state index >= 15 is 0 Å². The second-order valence-corrected chi connectivity index (χ2v) is 6.81. The highest BCUT2D eigenvalue weighted by Crippen LogP contribution is 2.24. The van der Waals surface area contributed by atoms with Crippen molar-refractivity contribution in [3.63, 3.8) is 0 Å².